The SMILES string of the molecule is C[C@@H]1CCO[P@@](=O)(N(C(=S)Nc2ccccc2)c2ccccc2)O1. The first-order chi connectivity index (χ1) is 11.6. The molecule has 0 aliphatic carbocycles. The van der Waals surface area contributed by atoms with Crippen LogP contribution in [0.15, 0.2) is 60.7 Å². The minimum atomic E-state index is -3.57. The van der Waals surface area contributed by atoms with E-state index in [4.69, 9.17) is 21.3 Å². The Labute approximate surface area is 147 Å². The highest BCUT2D eigenvalue weighted by Gasteiger charge is 2.41. The minimum Gasteiger partial charge on any atom is -0.332 e. The number of nitrogens with zero attached hydrogens (tertiary/aromatic N) is 1. The van der Waals surface area contributed by atoms with Crippen LogP contribution in [0.4, 0.5) is 11.4 Å². The van der Waals surface area contributed by atoms with E-state index in [1.165, 1.54) is 4.67 Å². The fourth-order valence-corrected chi connectivity index (χ4v) is 4.77. The number of rotatable bonds is 3. The summed E-state index contributed by atoms with van der Waals surface area (Å²) in [7, 11) is -3.57. The summed E-state index contributed by atoms with van der Waals surface area (Å²) in [5.41, 5.74) is 1.46. The van der Waals surface area contributed by atoms with Crippen LogP contribution in [-0.2, 0) is 13.6 Å². The smallest absolute Gasteiger partial charge is 0.332 e. The maximum absolute atomic E-state index is 13.3. The quantitative estimate of drug-likeness (QED) is 0.624. The molecule has 1 aliphatic heterocycles. The zero-order valence-corrected chi connectivity index (χ0v) is 15.0. The van der Waals surface area contributed by atoms with Crippen molar-refractivity contribution in [1.82, 2.24) is 0 Å². The topological polar surface area (TPSA) is 50.8 Å². The molecule has 1 heterocycles. The van der Waals surface area contributed by atoms with Crippen LogP contribution in [0.1, 0.15) is 13.3 Å². The van der Waals surface area contributed by atoms with E-state index in [9.17, 15) is 4.57 Å². The molecule has 2 aromatic rings. The van der Waals surface area contributed by atoms with Crippen LogP contribution in [-0.4, -0.2) is 17.8 Å². The van der Waals surface area contributed by atoms with Gasteiger partial charge in [-0.1, -0.05) is 36.4 Å². The predicted molar refractivity (Wildman–Crippen MR) is 100 cm³/mol. The lowest BCUT2D eigenvalue weighted by molar-refractivity contribution is 0.0929. The van der Waals surface area contributed by atoms with Crippen LogP contribution in [0.2, 0.25) is 0 Å². The normalized spacial score (nSPS) is 23.5. The van der Waals surface area contributed by atoms with Crippen molar-refractivity contribution in [3.05, 3.63) is 60.7 Å². The largest absolute Gasteiger partial charge is 0.441 e. The molecule has 5 nitrogen and oxygen atoms in total. The molecule has 1 N–H and O–H groups in total. The van der Waals surface area contributed by atoms with E-state index in [2.05, 4.69) is 5.32 Å². The summed E-state index contributed by atoms with van der Waals surface area (Å²) in [5, 5.41) is 3.37. The van der Waals surface area contributed by atoms with Crippen molar-refractivity contribution in [2.45, 2.75) is 19.4 Å². The third-order valence-electron chi connectivity index (χ3n) is 3.56. The molecule has 0 radical (unpaired) electrons. The van der Waals surface area contributed by atoms with E-state index in [0.717, 1.165) is 5.69 Å². The molecule has 7 heteroatoms. The van der Waals surface area contributed by atoms with Crippen molar-refractivity contribution in [2.75, 3.05) is 16.6 Å². The number of hydrogen-bond acceptors (Lipinski definition) is 4. The Kier molecular flexibility index (Phi) is 5.31. The molecule has 24 heavy (non-hydrogen) atoms. The maximum atomic E-state index is 13.3. The second-order valence-corrected chi connectivity index (χ2v) is 7.64. The van der Waals surface area contributed by atoms with Gasteiger partial charge in [0.05, 0.1) is 18.4 Å². The summed E-state index contributed by atoms with van der Waals surface area (Å²) < 4.78 is 26.0. The van der Waals surface area contributed by atoms with E-state index < -0.39 is 7.75 Å². The van der Waals surface area contributed by atoms with Gasteiger partial charge in [-0.25, -0.2) is 9.24 Å². The standard InChI is InChI=1S/C17H19N2O3PS/c1-14-12-13-21-23(20,22-14)19(16-10-6-3-7-11-16)17(24)18-15-8-4-2-5-9-15/h2-11,14H,12-13H2,1H3,(H,18,24)/t14-,23+/m1/s1. The number of benzene rings is 2. The van der Waals surface area contributed by atoms with E-state index in [-0.39, 0.29) is 11.2 Å². The highest BCUT2D eigenvalue weighted by atomic mass is 32.1. The zero-order chi connectivity index (χ0) is 17.0. The maximum Gasteiger partial charge on any atom is 0.441 e. The van der Waals surface area contributed by atoms with Gasteiger partial charge in [0, 0.05) is 5.69 Å². The van der Waals surface area contributed by atoms with Crippen LogP contribution >= 0.6 is 20.0 Å². The van der Waals surface area contributed by atoms with E-state index in [1.54, 1.807) is 0 Å². The summed E-state index contributed by atoms with van der Waals surface area (Å²) in [5.74, 6) is 0. The molecule has 0 saturated carbocycles. The molecular formula is C17H19N2O3PS. The molecule has 2 aromatic carbocycles. The van der Waals surface area contributed by atoms with Gasteiger partial charge in [0.25, 0.3) is 0 Å². The Balaban J connectivity index is 1.93. The Morgan fingerprint density at radius 2 is 1.79 bits per heavy atom. The van der Waals surface area contributed by atoms with Crippen LogP contribution in [0.5, 0.6) is 0 Å². The lowest BCUT2D eigenvalue weighted by atomic mass is 10.3. The number of hydrogen-bond donors (Lipinski definition) is 1. The third kappa shape index (κ3) is 3.84. The summed E-state index contributed by atoms with van der Waals surface area (Å²) in [6.07, 6.45) is 0.543. The van der Waals surface area contributed by atoms with Crippen molar-refractivity contribution in [3.8, 4) is 0 Å². The van der Waals surface area contributed by atoms with Crippen molar-refractivity contribution >= 4 is 36.5 Å². The Morgan fingerprint density at radius 1 is 1.17 bits per heavy atom. The average molecular weight is 362 g/mol. The highest BCUT2D eigenvalue weighted by Crippen LogP contribution is 2.57. The fraction of sp³-hybridized carbons (Fsp3) is 0.235. The first kappa shape index (κ1) is 17.1. The van der Waals surface area contributed by atoms with Gasteiger partial charge in [-0.15, -0.1) is 0 Å². The predicted octanol–water partition coefficient (Wildman–Crippen LogP) is 4.82. The van der Waals surface area contributed by atoms with Crippen LogP contribution < -0.4 is 9.99 Å². The number of para-hydroxylation sites is 2. The summed E-state index contributed by atoms with van der Waals surface area (Å²) in [6.45, 7) is 2.25. The van der Waals surface area contributed by atoms with Gasteiger partial charge >= 0.3 is 7.75 Å². The van der Waals surface area contributed by atoms with E-state index in [0.29, 0.717) is 18.7 Å². The van der Waals surface area contributed by atoms with Gasteiger partial charge in [0.1, 0.15) is 0 Å². The second kappa shape index (κ2) is 7.45. The molecule has 0 unspecified atom stereocenters. The lowest BCUT2D eigenvalue weighted by Crippen LogP contribution is -2.36. The Hall–Kier alpha value is -1.72. The molecule has 0 bridgehead atoms. The van der Waals surface area contributed by atoms with Gasteiger partial charge in [0.15, 0.2) is 5.11 Å². The number of anilines is 2. The Morgan fingerprint density at radius 3 is 2.42 bits per heavy atom. The molecular weight excluding hydrogens is 343 g/mol. The average Bonchev–Trinajstić information content (AvgIpc) is 2.56. The molecule has 3 rings (SSSR count). The summed E-state index contributed by atoms with van der Waals surface area (Å²) in [6, 6.07) is 18.7. The fourth-order valence-electron chi connectivity index (χ4n) is 2.39. The van der Waals surface area contributed by atoms with Gasteiger partial charge in [-0.2, -0.15) is 0 Å². The van der Waals surface area contributed by atoms with E-state index >= 15 is 0 Å². The lowest BCUT2D eigenvalue weighted by Gasteiger charge is -2.36. The van der Waals surface area contributed by atoms with Crippen LogP contribution in [0, 0.1) is 0 Å². The number of nitrogens with one attached hydrogen (secondary N) is 1. The third-order valence-corrected chi connectivity index (χ3v) is 6.03. The van der Waals surface area contributed by atoms with Crippen molar-refractivity contribution in [1.29, 1.82) is 0 Å². The first-order valence-corrected chi connectivity index (χ1v) is 9.63. The molecule has 0 aromatic heterocycles. The first-order valence-electron chi connectivity index (χ1n) is 7.73. The second-order valence-electron chi connectivity index (χ2n) is 5.45. The van der Waals surface area contributed by atoms with Crippen molar-refractivity contribution in [2.24, 2.45) is 0 Å². The molecule has 2 atom stereocenters. The number of thiocarbonyl (C=S) groups is 1. The van der Waals surface area contributed by atoms with Gasteiger partial charge in [-0.3, -0.25) is 9.05 Å². The molecule has 1 aliphatic rings. The molecule has 0 amide bonds. The minimum absolute atomic E-state index is 0.157. The highest BCUT2D eigenvalue weighted by molar-refractivity contribution is 7.82. The molecule has 0 spiro atoms. The van der Waals surface area contributed by atoms with Gasteiger partial charge in [0.2, 0.25) is 0 Å². The van der Waals surface area contributed by atoms with Gasteiger partial charge in [-0.05, 0) is 49.8 Å². The zero-order valence-electron chi connectivity index (χ0n) is 13.3. The summed E-state index contributed by atoms with van der Waals surface area (Å²) >= 11 is 5.51. The summed E-state index contributed by atoms with van der Waals surface area (Å²) in [4.78, 5) is 0. The Bertz CT molecular complexity index is 742. The van der Waals surface area contributed by atoms with E-state index in [1.807, 2.05) is 67.6 Å². The van der Waals surface area contributed by atoms with Crippen LogP contribution in [0.25, 0.3) is 0 Å². The molecule has 126 valence electrons. The van der Waals surface area contributed by atoms with Crippen molar-refractivity contribution in [3.63, 3.8) is 0 Å². The molecule has 1 fully saturated rings. The van der Waals surface area contributed by atoms with Crippen LogP contribution in [0.3, 0.4) is 0 Å². The van der Waals surface area contributed by atoms with Crippen molar-refractivity contribution < 1.29 is 13.6 Å². The molecule has 1 saturated heterocycles. The monoisotopic (exact) mass is 362 g/mol. The van der Waals surface area contributed by atoms with Gasteiger partial charge < -0.3 is 5.32 Å².